The van der Waals surface area contributed by atoms with Gasteiger partial charge < -0.3 is 10.4 Å². The van der Waals surface area contributed by atoms with E-state index in [1.54, 1.807) is 6.07 Å². The van der Waals surface area contributed by atoms with Gasteiger partial charge in [-0.1, -0.05) is 11.6 Å². The van der Waals surface area contributed by atoms with E-state index >= 15 is 0 Å². The van der Waals surface area contributed by atoms with E-state index in [4.69, 9.17) is 16.7 Å². The molecule has 94 valence electrons. The number of nitrogens with one attached hydrogen (secondary N) is 1. The predicted molar refractivity (Wildman–Crippen MR) is 69.6 cm³/mol. The van der Waals surface area contributed by atoms with E-state index in [9.17, 15) is 9.59 Å². The summed E-state index contributed by atoms with van der Waals surface area (Å²) in [7, 11) is 0. The van der Waals surface area contributed by atoms with Crippen molar-refractivity contribution in [3.05, 3.63) is 37.4 Å². The van der Waals surface area contributed by atoms with E-state index in [1.807, 2.05) is 6.07 Å². The highest BCUT2D eigenvalue weighted by Crippen LogP contribution is 2.21. The number of aromatic nitrogens is 1. The van der Waals surface area contributed by atoms with E-state index in [0.717, 1.165) is 16.2 Å². The Balaban J connectivity index is 1.97. The molecule has 2 aromatic heterocycles. The van der Waals surface area contributed by atoms with Crippen LogP contribution in [0.1, 0.15) is 24.4 Å². The molecule has 2 N–H and O–H groups in total. The summed E-state index contributed by atoms with van der Waals surface area (Å²) in [6, 6.07) is 3.57. The predicted octanol–water partition coefficient (Wildman–Crippen LogP) is 2.49. The fraction of sp³-hybridized carbons (Fsp3) is 0.100. The van der Waals surface area contributed by atoms with Gasteiger partial charge in [0.1, 0.15) is 4.88 Å². The summed E-state index contributed by atoms with van der Waals surface area (Å²) in [4.78, 5) is 27.2. The van der Waals surface area contributed by atoms with Gasteiger partial charge in [0.15, 0.2) is 0 Å². The van der Waals surface area contributed by atoms with E-state index in [-0.39, 0.29) is 15.8 Å². The van der Waals surface area contributed by atoms with E-state index in [1.165, 1.54) is 17.5 Å². The van der Waals surface area contributed by atoms with Crippen LogP contribution in [0.4, 0.5) is 0 Å². The number of halogens is 1. The maximum Gasteiger partial charge on any atom is 0.365 e. The van der Waals surface area contributed by atoms with Crippen LogP contribution in [-0.2, 0) is 6.54 Å². The molecule has 2 rings (SSSR count). The molecule has 0 spiro atoms. The van der Waals surface area contributed by atoms with Crippen molar-refractivity contribution in [3.63, 3.8) is 0 Å². The molecule has 1 amide bonds. The Morgan fingerprint density at radius 2 is 2.17 bits per heavy atom. The minimum absolute atomic E-state index is 0.0979. The fourth-order valence-electron chi connectivity index (χ4n) is 1.18. The zero-order valence-corrected chi connectivity index (χ0v) is 11.2. The maximum atomic E-state index is 11.7. The molecule has 0 radical (unpaired) electrons. The molecule has 2 aromatic rings. The van der Waals surface area contributed by atoms with Gasteiger partial charge >= 0.3 is 5.97 Å². The fourth-order valence-corrected chi connectivity index (χ4v) is 2.88. The normalized spacial score (nSPS) is 10.3. The molecule has 5 nitrogen and oxygen atoms in total. The second-order valence-electron chi connectivity index (χ2n) is 3.22. The first kappa shape index (κ1) is 13.0. The number of carboxylic acid groups (broad SMARTS) is 1. The monoisotopic (exact) mass is 302 g/mol. The van der Waals surface area contributed by atoms with Gasteiger partial charge in [-0.15, -0.1) is 22.7 Å². The van der Waals surface area contributed by atoms with Gasteiger partial charge in [0.05, 0.1) is 17.1 Å². The van der Waals surface area contributed by atoms with Crippen molar-refractivity contribution in [1.82, 2.24) is 10.3 Å². The second kappa shape index (κ2) is 5.47. The van der Waals surface area contributed by atoms with Crippen LogP contribution in [0.25, 0.3) is 0 Å². The number of hydrogen-bond donors (Lipinski definition) is 2. The third-order valence-corrected chi connectivity index (χ3v) is 4.18. The number of hydrogen-bond acceptors (Lipinski definition) is 5. The smallest absolute Gasteiger partial charge is 0.365 e. The van der Waals surface area contributed by atoms with Crippen LogP contribution in [0.5, 0.6) is 0 Å². The first-order valence-corrected chi connectivity index (χ1v) is 6.79. The lowest BCUT2D eigenvalue weighted by molar-refractivity contribution is 0.0696. The van der Waals surface area contributed by atoms with E-state index in [0.29, 0.717) is 10.9 Å². The molecule has 18 heavy (non-hydrogen) atoms. The Kier molecular flexibility index (Phi) is 3.95. The molecular weight excluding hydrogens is 296 g/mol. The summed E-state index contributed by atoms with van der Waals surface area (Å²) in [6.45, 7) is 0.358. The van der Waals surface area contributed by atoms with Gasteiger partial charge in [-0.05, 0) is 12.1 Å². The quantitative estimate of drug-likeness (QED) is 0.909. The molecule has 8 heteroatoms. The van der Waals surface area contributed by atoms with Crippen LogP contribution in [0.2, 0.25) is 4.34 Å². The highest BCUT2D eigenvalue weighted by molar-refractivity contribution is 7.16. The van der Waals surface area contributed by atoms with Crippen molar-refractivity contribution in [2.45, 2.75) is 6.54 Å². The molecule has 0 fully saturated rings. The summed E-state index contributed by atoms with van der Waals surface area (Å²) >= 11 is 7.99. The molecule has 0 atom stereocenters. The van der Waals surface area contributed by atoms with E-state index in [2.05, 4.69) is 10.3 Å². The summed E-state index contributed by atoms with van der Waals surface area (Å²) in [5, 5.41) is 11.3. The molecule has 0 aliphatic carbocycles. The first-order valence-electron chi connectivity index (χ1n) is 4.78. The van der Waals surface area contributed by atoms with Crippen molar-refractivity contribution in [1.29, 1.82) is 0 Å². The molecule has 0 saturated heterocycles. The third-order valence-electron chi connectivity index (χ3n) is 1.96. The number of rotatable bonds is 4. The molecule has 0 bridgehead atoms. The molecule has 0 aliphatic rings. The minimum atomic E-state index is -1.14. The number of thiophene rings is 1. The zero-order valence-electron chi connectivity index (χ0n) is 8.84. The van der Waals surface area contributed by atoms with Crippen LogP contribution < -0.4 is 5.32 Å². The topological polar surface area (TPSA) is 79.3 Å². The average Bonchev–Trinajstić information content (AvgIpc) is 2.94. The van der Waals surface area contributed by atoms with Crippen molar-refractivity contribution >= 4 is 46.2 Å². The average molecular weight is 303 g/mol. The Labute approximate surface area is 115 Å². The van der Waals surface area contributed by atoms with Crippen LogP contribution >= 0.6 is 34.3 Å². The standard InChI is InChI=1S/C10H7ClN2O3S2/c11-7-2-1-5(17-7)3-12-8(14)6-4-13-9(18-6)10(15)16/h1-2,4H,3H2,(H,12,14)(H,15,16). The first-order chi connectivity index (χ1) is 8.56. The number of amides is 1. The SMILES string of the molecule is O=C(NCc1ccc(Cl)s1)c1cnc(C(=O)O)s1. The summed E-state index contributed by atoms with van der Waals surface area (Å²) in [6.07, 6.45) is 1.25. The van der Waals surface area contributed by atoms with Crippen LogP contribution in [0.15, 0.2) is 18.3 Å². The molecular formula is C10H7ClN2O3S2. The lowest BCUT2D eigenvalue weighted by atomic mass is 10.4. The van der Waals surface area contributed by atoms with Crippen LogP contribution in [0.3, 0.4) is 0 Å². The van der Waals surface area contributed by atoms with Crippen molar-refractivity contribution in [3.8, 4) is 0 Å². The van der Waals surface area contributed by atoms with Crippen LogP contribution in [0, 0.1) is 0 Å². The van der Waals surface area contributed by atoms with Crippen molar-refractivity contribution in [2.24, 2.45) is 0 Å². The van der Waals surface area contributed by atoms with E-state index < -0.39 is 5.97 Å². The maximum absolute atomic E-state index is 11.7. The Bertz CT molecular complexity index is 593. The summed E-state index contributed by atoms with van der Waals surface area (Å²) in [5.74, 6) is -1.48. The molecule has 0 unspecified atom stereocenters. The highest BCUT2D eigenvalue weighted by atomic mass is 35.5. The number of carboxylic acids is 1. The Morgan fingerprint density at radius 1 is 1.39 bits per heavy atom. The number of nitrogens with zero attached hydrogens (tertiary/aromatic N) is 1. The minimum Gasteiger partial charge on any atom is -0.476 e. The molecule has 0 saturated carbocycles. The van der Waals surface area contributed by atoms with Gasteiger partial charge in [-0.2, -0.15) is 0 Å². The van der Waals surface area contributed by atoms with Crippen molar-refractivity contribution in [2.75, 3.05) is 0 Å². The van der Waals surface area contributed by atoms with Gasteiger partial charge in [0.2, 0.25) is 5.01 Å². The number of carbonyl (C=O) groups is 2. The molecule has 0 aliphatic heterocycles. The van der Waals surface area contributed by atoms with Crippen molar-refractivity contribution < 1.29 is 14.7 Å². The lowest BCUT2D eigenvalue weighted by Gasteiger charge is -1.99. The summed E-state index contributed by atoms with van der Waals surface area (Å²) in [5.41, 5.74) is 0. The highest BCUT2D eigenvalue weighted by Gasteiger charge is 2.14. The zero-order chi connectivity index (χ0) is 13.1. The summed E-state index contributed by atoms with van der Waals surface area (Å²) < 4.78 is 0.658. The van der Waals surface area contributed by atoms with Gasteiger partial charge in [0, 0.05) is 4.88 Å². The van der Waals surface area contributed by atoms with Gasteiger partial charge in [0.25, 0.3) is 5.91 Å². The third kappa shape index (κ3) is 3.06. The largest absolute Gasteiger partial charge is 0.476 e. The number of carbonyl (C=O) groups excluding carboxylic acids is 1. The molecule has 0 aromatic carbocycles. The number of thiazole rings is 1. The van der Waals surface area contributed by atoms with Gasteiger partial charge in [-0.3, -0.25) is 4.79 Å². The number of aromatic carboxylic acids is 1. The lowest BCUT2D eigenvalue weighted by Crippen LogP contribution is -2.21. The second-order valence-corrected chi connectivity index (χ2v) is 6.05. The molecule has 2 heterocycles. The Hall–Kier alpha value is -1.44. The van der Waals surface area contributed by atoms with Crippen LogP contribution in [-0.4, -0.2) is 22.0 Å². The van der Waals surface area contributed by atoms with Gasteiger partial charge in [-0.25, -0.2) is 9.78 Å². The Morgan fingerprint density at radius 3 is 2.72 bits per heavy atom.